The minimum absolute atomic E-state index is 0.0544. The number of sulfonamides is 1. The minimum atomic E-state index is -3.17. The van der Waals surface area contributed by atoms with Gasteiger partial charge in [0.25, 0.3) is 0 Å². The Balaban J connectivity index is 1.88. The van der Waals surface area contributed by atoms with Crippen LogP contribution in [0.25, 0.3) is 0 Å². The van der Waals surface area contributed by atoms with Crippen LogP contribution >= 0.6 is 0 Å². The van der Waals surface area contributed by atoms with E-state index in [2.05, 4.69) is 0 Å². The lowest BCUT2D eigenvalue weighted by atomic mass is 10.0. The Morgan fingerprint density at radius 3 is 2.48 bits per heavy atom. The molecule has 0 saturated carbocycles. The molecule has 0 spiro atoms. The van der Waals surface area contributed by atoms with Crippen LogP contribution in [-0.2, 0) is 14.8 Å². The van der Waals surface area contributed by atoms with Gasteiger partial charge in [-0.3, -0.25) is 9.69 Å². The molecular weight excluding hydrogens is 344 g/mol. The van der Waals surface area contributed by atoms with Gasteiger partial charge in [-0.05, 0) is 31.9 Å². The van der Waals surface area contributed by atoms with E-state index in [1.165, 1.54) is 4.31 Å². The maximum absolute atomic E-state index is 11.9. The second kappa shape index (κ2) is 9.17. The summed E-state index contributed by atoms with van der Waals surface area (Å²) in [4.78, 5) is 13.0. The van der Waals surface area contributed by atoms with Gasteiger partial charge >= 0.3 is 5.97 Å². The van der Waals surface area contributed by atoms with Crippen LogP contribution in [0.15, 0.2) is 30.3 Å². The summed E-state index contributed by atoms with van der Waals surface area (Å²) in [6.45, 7) is 3.34. The molecule has 0 aromatic heterocycles. The average molecular weight is 370 g/mol. The molecule has 0 radical (unpaired) electrons. The number of carboxylic acids is 1. The molecule has 1 aliphatic heterocycles. The number of nitrogens with zero attached hydrogens (tertiary/aromatic N) is 2. The third-order valence-electron chi connectivity index (χ3n) is 4.43. The molecule has 1 fully saturated rings. The number of hydrogen-bond donors (Lipinski definition) is 1. The highest BCUT2D eigenvalue weighted by Gasteiger charge is 2.30. The van der Waals surface area contributed by atoms with Crippen molar-refractivity contribution in [2.24, 2.45) is 0 Å². The number of carboxylic acid groups (broad SMARTS) is 1. The Morgan fingerprint density at radius 1 is 1.28 bits per heavy atom. The average Bonchev–Trinajstić information content (AvgIpc) is 2.61. The zero-order valence-corrected chi connectivity index (χ0v) is 15.3. The second-order valence-electron chi connectivity index (χ2n) is 6.06. The highest BCUT2D eigenvalue weighted by Crippen LogP contribution is 2.19. The van der Waals surface area contributed by atoms with Crippen molar-refractivity contribution in [1.29, 1.82) is 0 Å². The monoisotopic (exact) mass is 370 g/mol. The van der Waals surface area contributed by atoms with E-state index in [4.69, 9.17) is 9.84 Å². The van der Waals surface area contributed by atoms with Gasteiger partial charge < -0.3 is 9.84 Å². The molecule has 1 heterocycles. The van der Waals surface area contributed by atoms with E-state index in [0.717, 1.165) is 5.75 Å². The van der Waals surface area contributed by atoms with Crippen LogP contribution in [0.5, 0.6) is 5.75 Å². The van der Waals surface area contributed by atoms with Crippen molar-refractivity contribution < 1.29 is 23.1 Å². The van der Waals surface area contributed by atoms with Crippen LogP contribution in [-0.4, -0.2) is 73.3 Å². The van der Waals surface area contributed by atoms with E-state index < -0.39 is 16.0 Å². The smallest absolute Gasteiger partial charge is 0.317 e. The van der Waals surface area contributed by atoms with Gasteiger partial charge in [-0.15, -0.1) is 0 Å². The maximum Gasteiger partial charge on any atom is 0.317 e. The Kier molecular flexibility index (Phi) is 7.22. The molecule has 25 heavy (non-hydrogen) atoms. The molecule has 1 aliphatic rings. The first-order chi connectivity index (χ1) is 11.9. The standard InChI is InChI=1S/C17H26N2O5S/c1-2-25(22,23)19-10-8-15(9-11-19)18(14-17(20)21)12-13-24-16-6-4-3-5-7-16/h3-7,15H,2,8-14H2,1H3,(H,20,21). The molecule has 1 aromatic carbocycles. The molecule has 7 nitrogen and oxygen atoms in total. The normalized spacial score (nSPS) is 16.9. The number of piperidine rings is 1. The van der Waals surface area contributed by atoms with Crippen molar-refractivity contribution in [2.45, 2.75) is 25.8 Å². The van der Waals surface area contributed by atoms with Crippen LogP contribution in [0.1, 0.15) is 19.8 Å². The molecular formula is C17H26N2O5S. The number of aliphatic carboxylic acids is 1. The quantitative estimate of drug-likeness (QED) is 0.704. The topological polar surface area (TPSA) is 87.2 Å². The van der Waals surface area contributed by atoms with Gasteiger partial charge in [-0.1, -0.05) is 18.2 Å². The Bertz CT molecular complexity index is 642. The van der Waals surface area contributed by atoms with Crippen molar-refractivity contribution in [1.82, 2.24) is 9.21 Å². The summed E-state index contributed by atoms with van der Waals surface area (Å²) in [5.74, 6) is -0.0357. The Labute approximate surface area is 149 Å². The fourth-order valence-electron chi connectivity index (χ4n) is 3.03. The third kappa shape index (κ3) is 5.98. The fourth-order valence-corrected chi connectivity index (χ4v) is 4.16. The summed E-state index contributed by atoms with van der Waals surface area (Å²) in [6.07, 6.45) is 1.27. The van der Waals surface area contributed by atoms with Gasteiger partial charge in [0.05, 0.1) is 12.3 Å². The van der Waals surface area contributed by atoms with Crippen LogP contribution in [0, 0.1) is 0 Å². The van der Waals surface area contributed by atoms with E-state index in [-0.39, 0.29) is 18.3 Å². The zero-order valence-electron chi connectivity index (χ0n) is 14.5. The molecule has 2 rings (SSSR count). The van der Waals surface area contributed by atoms with Crippen molar-refractivity contribution in [3.63, 3.8) is 0 Å². The van der Waals surface area contributed by atoms with Crippen LogP contribution in [0.3, 0.4) is 0 Å². The molecule has 1 aromatic rings. The molecule has 0 aliphatic carbocycles. The number of hydrogen-bond acceptors (Lipinski definition) is 5. The fraction of sp³-hybridized carbons (Fsp3) is 0.588. The first-order valence-corrected chi connectivity index (χ1v) is 10.1. The number of para-hydroxylation sites is 1. The van der Waals surface area contributed by atoms with Crippen molar-refractivity contribution in [3.05, 3.63) is 30.3 Å². The summed E-state index contributed by atoms with van der Waals surface area (Å²) in [7, 11) is -3.17. The molecule has 0 bridgehead atoms. The summed E-state index contributed by atoms with van der Waals surface area (Å²) in [6, 6.07) is 9.44. The maximum atomic E-state index is 11.9. The van der Waals surface area contributed by atoms with Gasteiger partial charge in [0, 0.05) is 25.7 Å². The number of rotatable bonds is 9. The van der Waals surface area contributed by atoms with Crippen molar-refractivity contribution in [3.8, 4) is 5.75 Å². The molecule has 1 saturated heterocycles. The molecule has 0 amide bonds. The van der Waals surface area contributed by atoms with Crippen molar-refractivity contribution in [2.75, 3.05) is 38.5 Å². The van der Waals surface area contributed by atoms with Crippen LogP contribution in [0.2, 0.25) is 0 Å². The van der Waals surface area contributed by atoms with Gasteiger partial charge in [0.2, 0.25) is 10.0 Å². The van der Waals surface area contributed by atoms with Crippen molar-refractivity contribution >= 4 is 16.0 Å². The number of carbonyl (C=O) groups is 1. The Hall–Kier alpha value is -1.64. The summed E-state index contributed by atoms with van der Waals surface area (Å²) in [5.41, 5.74) is 0. The largest absolute Gasteiger partial charge is 0.492 e. The van der Waals surface area contributed by atoms with E-state index in [1.54, 1.807) is 6.92 Å². The second-order valence-corrected chi connectivity index (χ2v) is 8.31. The lowest BCUT2D eigenvalue weighted by Gasteiger charge is -2.37. The van der Waals surface area contributed by atoms with Gasteiger partial charge in [0.15, 0.2) is 0 Å². The summed E-state index contributed by atoms with van der Waals surface area (Å²) in [5, 5.41) is 9.16. The highest BCUT2D eigenvalue weighted by atomic mass is 32.2. The minimum Gasteiger partial charge on any atom is -0.492 e. The van der Waals surface area contributed by atoms with E-state index >= 15 is 0 Å². The highest BCUT2D eigenvalue weighted by molar-refractivity contribution is 7.89. The number of ether oxygens (including phenoxy) is 1. The van der Waals surface area contributed by atoms with Crippen LogP contribution in [0.4, 0.5) is 0 Å². The van der Waals surface area contributed by atoms with E-state index in [1.807, 2.05) is 35.2 Å². The predicted octanol–water partition coefficient (Wildman–Crippen LogP) is 1.27. The first-order valence-electron chi connectivity index (χ1n) is 8.54. The SMILES string of the molecule is CCS(=O)(=O)N1CCC(N(CCOc2ccccc2)CC(=O)O)CC1. The van der Waals surface area contributed by atoms with Gasteiger partial charge in [-0.25, -0.2) is 12.7 Å². The van der Waals surface area contributed by atoms with E-state index in [0.29, 0.717) is 39.1 Å². The first kappa shape index (κ1) is 19.7. The zero-order chi connectivity index (χ0) is 18.3. The summed E-state index contributed by atoms with van der Waals surface area (Å²) < 4.78 is 31.0. The van der Waals surface area contributed by atoms with Gasteiger partial charge in [0.1, 0.15) is 12.4 Å². The van der Waals surface area contributed by atoms with E-state index in [9.17, 15) is 13.2 Å². The van der Waals surface area contributed by atoms with Crippen LogP contribution < -0.4 is 4.74 Å². The molecule has 0 unspecified atom stereocenters. The molecule has 0 atom stereocenters. The van der Waals surface area contributed by atoms with Gasteiger partial charge in [-0.2, -0.15) is 0 Å². The predicted molar refractivity (Wildman–Crippen MR) is 95.2 cm³/mol. The lowest BCUT2D eigenvalue weighted by Crippen LogP contribution is -2.49. The molecule has 140 valence electrons. The Morgan fingerprint density at radius 2 is 1.92 bits per heavy atom. The number of benzene rings is 1. The third-order valence-corrected chi connectivity index (χ3v) is 6.31. The lowest BCUT2D eigenvalue weighted by molar-refractivity contribution is -0.139. The molecule has 8 heteroatoms. The summed E-state index contributed by atoms with van der Waals surface area (Å²) >= 11 is 0. The molecule has 1 N–H and O–H groups in total.